The van der Waals surface area contributed by atoms with Crippen molar-refractivity contribution in [2.45, 2.75) is 26.8 Å². The van der Waals surface area contributed by atoms with Gasteiger partial charge in [0.1, 0.15) is 0 Å². The number of guanidine groups is 1. The molecule has 2 aromatic rings. The Hall–Kier alpha value is -2.21. The molecule has 0 saturated carbocycles. The Balaban J connectivity index is 2.59. The lowest BCUT2D eigenvalue weighted by Crippen LogP contribution is -2.25. The first kappa shape index (κ1) is 16.2. The summed E-state index contributed by atoms with van der Waals surface area (Å²) in [6, 6.07) is 5.16. The number of amides is 1. The van der Waals surface area contributed by atoms with Gasteiger partial charge in [0.15, 0.2) is 11.8 Å². The standard InChI is InChI=1S/C15H19ClN4O2/c1-8(2)7-20-12(6-13(21)19-15(17)18)11-5-9(16)3-4-10(11)14(20)22/h3-5,8,22H,6-7H2,1-2H3,(H4,17,18,19,21). The Morgan fingerprint density at radius 1 is 1.36 bits per heavy atom. The van der Waals surface area contributed by atoms with Crippen LogP contribution >= 0.6 is 11.6 Å². The zero-order valence-corrected chi connectivity index (χ0v) is 13.3. The number of aromatic hydroxyl groups is 1. The molecule has 6 nitrogen and oxygen atoms in total. The summed E-state index contributed by atoms with van der Waals surface area (Å²) in [5.41, 5.74) is 11.1. The van der Waals surface area contributed by atoms with Gasteiger partial charge in [-0.2, -0.15) is 4.99 Å². The van der Waals surface area contributed by atoms with E-state index in [4.69, 9.17) is 23.1 Å². The summed E-state index contributed by atoms with van der Waals surface area (Å²) in [7, 11) is 0. The van der Waals surface area contributed by atoms with Crippen molar-refractivity contribution in [3.8, 4) is 5.88 Å². The van der Waals surface area contributed by atoms with Crippen LogP contribution in [0.25, 0.3) is 10.8 Å². The zero-order chi connectivity index (χ0) is 16.4. The van der Waals surface area contributed by atoms with Crippen molar-refractivity contribution in [1.29, 1.82) is 0 Å². The number of aliphatic imine (C=N–C) groups is 1. The first-order valence-electron chi connectivity index (χ1n) is 6.91. The van der Waals surface area contributed by atoms with E-state index in [-0.39, 0.29) is 18.3 Å². The number of hydrogen-bond donors (Lipinski definition) is 3. The summed E-state index contributed by atoms with van der Waals surface area (Å²) in [6.07, 6.45) is -0.0119. The first-order valence-corrected chi connectivity index (χ1v) is 7.29. The number of halogens is 1. The quantitative estimate of drug-likeness (QED) is 0.591. The zero-order valence-electron chi connectivity index (χ0n) is 12.5. The highest BCUT2D eigenvalue weighted by Gasteiger charge is 2.19. The fourth-order valence-electron chi connectivity index (χ4n) is 2.45. The van der Waals surface area contributed by atoms with Crippen molar-refractivity contribution < 1.29 is 9.90 Å². The number of nitrogens with two attached hydrogens (primary N) is 2. The van der Waals surface area contributed by atoms with Gasteiger partial charge in [-0.25, -0.2) is 0 Å². The van der Waals surface area contributed by atoms with Gasteiger partial charge in [-0.05, 0) is 24.1 Å². The molecule has 1 aromatic heterocycles. The van der Waals surface area contributed by atoms with E-state index in [1.165, 1.54) is 0 Å². The van der Waals surface area contributed by atoms with E-state index in [0.29, 0.717) is 28.6 Å². The lowest BCUT2D eigenvalue weighted by Gasteiger charge is -2.12. The lowest BCUT2D eigenvalue weighted by atomic mass is 10.1. The average Bonchev–Trinajstić information content (AvgIpc) is 2.62. The Morgan fingerprint density at radius 3 is 2.64 bits per heavy atom. The van der Waals surface area contributed by atoms with Crippen molar-refractivity contribution >= 4 is 34.2 Å². The van der Waals surface area contributed by atoms with Crippen LogP contribution in [0.3, 0.4) is 0 Å². The topological polar surface area (TPSA) is 107 Å². The molecular weight excluding hydrogens is 304 g/mol. The Labute approximate surface area is 133 Å². The van der Waals surface area contributed by atoms with E-state index >= 15 is 0 Å². The van der Waals surface area contributed by atoms with Gasteiger partial charge >= 0.3 is 0 Å². The Bertz CT molecular complexity index is 746. The molecule has 1 amide bonds. The molecule has 5 N–H and O–H groups in total. The van der Waals surface area contributed by atoms with Gasteiger partial charge in [-0.1, -0.05) is 25.4 Å². The summed E-state index contributed by atoms with van der Waals surface area (Å²) in [6.45, 7) is 4.62. The number of benzene rings is 1. The first-order chi connectivity index (χ1) is 10.3. The molecule has 0 fully saturated rings. The van der Waals surface area contributed by atoms with Gasteiger partial charge in [0.2, 0.25) is 0 Å². The molecule has 0 aliphatic heterocycles. The number of rotatable bonds is 4. The van der Waals surface area contributed by atoms with E-state index in [0.717, 1.165) is 5.39 Å². The van der Waals surface area contributed by atoms with Crippen molar-refractivity contribution in [2.24, 2.45) is 22.4 Å². The average molecular weight is 323 g/mol. The maximum absolute atomic E-state index is 11.9. The normalized spacial score (nSPS) is 11.1. The molecule has 2 rings (SSSR count). The second kappa shape index (κ2) is 6.27. The third kappa shape index (κ3) is 3.33. The fraction of sp³-hybridized carbons (Fsp3) is 0.333. The second-order valence-electron chi connectivity index (χ2n) is 5.57. The Kier molecular flexibility index (Phi) is 4.61. The van der Waals surface area contributed by atoms with Gasteiger partial charge in [0, 0.05) is 28.0 Å². The highest BCUT2D eigenvalue weighted by molar-refractivity contribution is 6.31. The van der Waals surface area contributed by atoms with Gasteiger partial charge in [-0.15, -0.1) is 0 Å². The van der Waals surface area contributed by atoms with Crippen molar-refractivity contribution in [3.63, 3.8) is 0 Å². The second-order valence-corrected chi connectivity index (χ2v) is 6.01. The summed E-state index contributed by atoms with van der Waals surface area (Å²) >= 11 is 6.04. The SMILES string of the molecule is CC(C)Cn1c(O)c2ccc(Cl)cc2c1CC(=O)N=C(N)N. The fourth-order valence-corrected chi connectivity index (χ4v) is 2.62. The van der Waals surface area contributed by atoms with Crippen LogP contribution in [0.5, 0.6) is 5.88 Å². The van der Waals surface area contributed by atoms with E-state index in [9.17, 15) is 9.90 Å². The predicted octanol–water partition coefficient (Wildman–Crippen LogP) is 2.00. The number of carbonyl (C=O) groups is 1. The van der Waals surface area contributed by atoms with Crippen LogP contribution in [0.1, 0.15) is 19.5 Å². The van der Waals surface area contributed by atoms with Gasteiger partial charge < -0.3 is 21.1 Å². The molecule has 0 atom stereocenters. The molecule has 0 aliphatic rings. The minimum absolute atomic E-state index is 0.0119. The number of aromatic nitrogens is 1. The van der Waals surface area contributed by atoms with Crippen molar-refractivity contribution in [3.05, 3.63) is 28.9 Å². The number of hydrogen-bond acceptors (Lipinski definition) is 2. The van der Waals surface area contributed by atoms with Crippen LogP contribution in [0.4, 0.5) is 0 Å². The maximum atomic E-state index is 11.9. The maximum Gasteiger partial charge on any atom is 0.254 e. The van der Waals surface area contributed by atoms with Crippen LogP contribution in [0.15, 0.2) is 23.2 Å². The van der Waals surface area contributed by atoms with E-state index < -0.39 is 5.91 Å². The molecule has 0 spiro atoms. The smallest absolute Gasteiger partial charge is 0.254 e. The van der Waals surface area contributed by atoms with E-state index in [1.54, 1.807) is 22.8 Å². The highest BCUT2D eigenvalue weighted by atomic mass is 35.5. The summed E-state index contributed by atoms with van der Waals surface area (Å²) in [5.74, 6) is -0.337. The lowest BCUT2D eigenvalue weighted by molar-refractivity contribution is -0.117. The summed E-state index contributed by atoms with van der Waals surface area (Å²) in [4.78, 5) is 15.5. The number of carbonyl (C=O) groups excluding carboxylic acids is 1. The largest absolute Gasteiger partial charge is 0.494 e. The number of nitrogens with zero attached hydrogens (tertiary/aromatic N) is 2. The van der Waals surface area contributed by atoms with Gasteiger partial charge in [0.05, 0.1) is 6.42 Å². The van der Waals surface area contributed by atoms with E-state index in [2.05, 4.69) is 4.99 Å². The molecule has 118 valence electrons. The van der Waals surface area contributed by atoms with Gasteiger partial charge in [-0.3, -0.25) is 4.79 Å². The van der Waals surface area contributed by atoms with Crippen molar-refractivity contribution in [2.75, 3.05) is 0 Å². The predicted molar refractivity (Wildman–Crippen MR) is 88.0 cm³/mol. The van der Waals surface area contributed by atoms with Gasteiger partial charge in [0.25, 0.3) is 5.91 Å². The monoisotopic (exact) mass is 322 g/mol. The summed E-state index contributed by atoms with van der Waals surface area (Å²) in [5, 5.41) is 12.3. The van der Waals surface area contributed by atoms with Crippen LogP contribution < -0.4 is 11.5 Å². The molecule has 0 unspecified atom stereocenters. The minimum Gasteiger partial charge on any atom is -0.494 e. The van der Waals surface area contributed by atoms with Crippen LogP contribution in [0.2, 0.25) is 5.02 Å². The molecule has 7 heteroatoms. The molecular formula is C15H19ClN4O2. The summed E-state index contributed by atoms with van der Waals surface area (Å²) < 4.78 is 1.71. The highest BCUT2D eigenvalue weighted by Crippen LogP contribution is 2.34. The van der Waals surface area contributed by atoms with Crippen molar-refractivity contribution in [1.82, 2.24) is 4.57 Å². The van der Waals surface area contributed by atoms with Crippen LogP contribution in [-0.4, -0.2) is 21.5 Å². The molecule has 22 heavy (non-hydrogen) atoms. The third-order valence-corrected chi connectivity index (χ3v) is 3.47. The molecule has 0 bridgehead atoms. The third-order valence-electron chi connectivity index (χ3n) is 3.24. The van der Waals surface area contributed by atoms with Crippen LogP contribution in [-0.2, 0) is 17.8 Å². The Morgan fingerprint density at radius 2 is 2.05 bits per heavy atom. The minimum atomic E-state index is -0.468. The van der Waals surface area contributed by atoms with Crippen LogP contribution in [0, 0.1) is 5.92 Å². The number of fused-ring (bicyclic) bond motifs is 1. The molecule has 0 radical (unpaired) electrons. The molecule has 1 aromatic carbocycles. The molecule has 0 saturated heterocycles. The molecule has 0 aliphatic carbocycles. The van der Waals surface area contributed by atoms with E-state index in [1.807, 2.05) is 13.8 Å². The molecule has 1 heterocycles.